The maximum atomic E-state index is 6.21. The Morgan fingerprint density at radius 2 is 1.00 bits per heavy atom. The second kappa shape index (κ2) is 13.4. The molecule has 0 amide bonds. The van der Waals surface area contributed by atoms with Crippen molar-refractivity contribution in [3.05, 3.63) is 206 Å². The maximum Gasteiger partial charge on any atom is 0.135 e. The second-order valence-corrected chi connectivity index (χ2v) is 14.8. The molecule has 0 saturated heterocycles. The van der Waals surface area contributed by atoms with Crippen molar-refractivity contribution in [1.29, 1.82) is 0 Å². The summed E-state index contributed by atoms with van der Waals surface area (Å²) >= 11 is 0. The van der Waals surface area contributed by atoms with Gasteiger partial charge in [0.1, 0.15) is 11.2 Å². The summed E-state index contributed by atoms with van der Waals surface area (Å²) in [5, 5.41) is 4.68. The molecule has 3 heteroatoms. The summed E-state index contributed by atoms with van der Waals surface area (Å²) < 4.78 is 8.60. The van der Waals surface area contributed by atoms with Gasteiger partial charge in [0.2, 0.25) is 0 Å². The van der Waals surface area contributed by atoms with Gasteiger partial charge in [0, 0.05) is 38.4 Å². The minimum absolute atomic E-state index is 0.894. The van der Waals surface area contributed by atoms with Crippen molar-refractivity contribution in [3.63, 3.8) is 0 Å². The lowest BCUT2D eigenvalue weighted by atomic mass is 9.91. The van der Waals surface area contributed by atoms with E-state index in [1.807, 2.05) is 12.1 Å². The van der Waals surface area contributed by atoms with Crippen LogP contribution in [0.15, 0.2) is 205 Å². The molecule has 268 valence electrons. The summed E-state index contributed by atoms with van der Waals surface area (Å²) in [4.78, 5) is 5.40. The zero-order valence-electron chi connectivity index (χ0n) is 31.4. The van der Waals surface area contributed by atoms with Gasteiger partial charge in [-0.25, -0.2) is 4.98 Å². The molecule has 0 unspecified atom stereocenters. The number of aromatic nitrogens is 2. The molecule has 0 bridgehead atoms. The van der Waals surface area contributed by atoms with Crippen LogP contribution in [0.1, 0.15) is 5.56 Å². The number of hydrogen-bond donors (Lipinski definition) is 0. The molecule has 3 heterocycles. The standard InChI is InChI=1S/C54H36N2O/c1-35-46(40-21-12-19-38(31-40)36-15-4-2-5-16-36)34-48(37-17-6-3-7-18-37)55-54(35)41-22-13-20-39(32-41)43-25-14-27-50-53(43)45-24-8-10-26-49(45)56(50)42-29-30-52-47(33-42)44-23-9-11-28-51(44)57-52/h2-34H,1H3. The van der Waals surface area contributed by atoms with Crippen molar-refractivity contribution >= 4 is 43.7 Å². The molecule has 0 aliphatic rings. The minimum Gasteiger partial charge on any atom is -0.456 e. The Hall–Kier alpha value is -7.49. The van der Waals surface area contributed by atoms with Gasteiger partial charge in [-0.1, -0.05) is 146 Å². The Morgan fingerprint density at radius 1 is 0.404 bits per heavy atom. The molecule has 57 heavy (non-hydrogen) atoms. The summed E-state index contributed by atoms with van der Waals surface area (Å²) in [5.74, 6) is 0. The molecule has 8 aromatic carbocycles. The van der Waals surface area contributed by atoms with E-state index in [0.29, 0.717) is 0 Å². The smallest absolute Gasteiger partial charge is 0.135 e. The number of fused-ring (bicyclic) bond motifs is 6. The normalized spacial score (nSPS) is 11.6. The van der Waals surface area contributed by atoms with Crippen molar-refractivity contribution in [1.82, 2.24) is 9.55 Å². The average molecular weight is 729 g/mol. The molecule has 0 spiro atoms. The molecule has 11 rings (SSSR count). The molecule has 11 aromatic rings. The lowest BCUT2D eigenvalue weighted by molar-refractivity contribution is 0.669. The third-order valence-electron chi connectivity index (χ3n) is 11.4. The van der Waals surface area contributed by atoms with Crippen LogP contribution in [0.4, 0.5) is 0 Å². The Bertz CT molecular complexity index is 3300. The Balaban J connectivity index is 1.09. The molecular weight excluding hydrogens is 693 g/mol. The quantitative estimate of drug-likeness (QED) is 0.171. The van der Waals surface area contributed by atoms with Gasteiger partial charge in [0.05, 0.1) is 22.4 Å². The fraction of sp³-hybridized carbons (Fsp3) is 0.0185. The first-order valence-electron chi connectivity index (χ1n) is 19.5. The minimum atomic E-state index is 0.894. The van der Waals surface area contributed by atoms with Crippen LogP contribution in [0.5, 0.6) is 0 Å². The highest BCUT2D eigenvalue weighted by Gasteiger charge is 2.19. The highest BCUT2D eigenvalue weighted by molar-refractivity contribution is 6.16. The van der Waals surface area contributed by atoms with E-state index in [1.54, 1.807) is 0 Å². The Morgan fingerprint density at radius 3 is 1.82 bits per heavy atom. The highest BCUT2D eigenvalue weighted by Crippen LogP contribution is 2.42. The van der Waals surface area contributed by atoms with Crippen molar-refractivity contribution in [2.45, 2.75) is 6.92 Å². The number of benzene rings is 8. The van der Waals surface area contributed by atoms with Gasteiger partial charge in [-0.2, -0.15) is 0 Å². The number of nitrogens with zero attached hydrogens (tertiary/aromatic N) is 2. The molecule has 3 aromatic heterocycles. The first kappa shape index (κ1) is 32.9. The van der Waals surface area contributed by atoms with E-state index in [-0.39, 0.29) is 0 Å². The third-order valence-corrected chi connectivity index (χ3v) is 11.4. The van der Waals surface area contributed by atoms with Crippen LogP contribution in [0.3, 0.4) is 0 Å². The van der Waals surface area contributed by atoms with Crippen LogP contribution in [0, 0.1) is 6.92 Å². The average Bonchev–Trinajstić information content (AvgIpc) is 3.83. The summed E-state index contributed by atoms with van der Waals surface area (Å²) in [6, 6.07) is 71.4. The first-order valence-corrected chi connectivity index (χ1v) is 19.5. The summed E-state index contributed by atoms with van der Waals surface area (Å²) in [7, 11) is 0. The largest absolute Gasteiger partial charge is 0.456 e. The van der Waals surface area contributed by atoms with Gasteiger partial charge < -0.3 is 8.98 Å². The van der Waals surface area contributed by atoms with Crippen LogP contribution in [-0.2, 0) is 0 Å². The monoisotopic (exact) mass is 728 g/mol. The van der Waals surface area contributed by atoms with E-state index in [9.17, 15) is 0 Å². The van der Waals surface area contributed by atoms with Crippen LogP contribution in [0.25, 0.3) is 105 Å². The SMILES string of the molecule is Cc1c(-c2cccc(-c3ccccc3)c2)cc(-c2ccccc2)nc1-c1cccc(-c2cccc3c2c2ccccc2n3-c2ccc3oc4ccccc4c3c2)c1. The molecule has 0 fully saturated rings. The van der Waals surface area contributed by atoms with Crippen LogP contribution >= 0.6 is 0 Å². The van der Waals surface area contributed by atoms with Gasteiger partial charge in [0.25, 0.3) is 0 Å². The van der Waals surface area contributed by atoms with Gasteiger partial charge >= 0.3 is 0 Å². The number of hydrogen-bond acceptors (Lipinski definition) is 2. The number of furan rings is 1. The predicted octanol–water partition coefficient (Wildman–Crippen LogP) is 14.7. The molecular formula is C54H36N2O. The Kier molecular flexibility index (Phi) is 7.71. The topological polar surface area (TPSA) is 31.0 Å². The van der Waals surface area contributed by atoms with E-state index >= 15 is 0 Å². The van der Waals surface area contributed by atoms with E-state index in [2.05, 4.69) is 200 Å². The zero-order chi connectivity index (χ0) is 37.9. The van der Waals surface area contributed by atoms with Gasteiger partial charge in [-0.15, -0.1) is 0 Å². The van der Waals surface area contributed by atoms with E-state index in [4.69, 9.17) is 9.40 Å². The van der Waals surface area contributed by atoms with Crippen LogP contribution in [0.2, 0.25) is 0 Å². The van der Waals surface area contributed by atoms with Gasteiger partial charge in [-0.3, -0.25) is 0 Å². The maximum absolute atomic E-state index is 6.21. The zero-order valence-corrected chi connectivity index (χ0v) is 31.4. The predicted molar refractivity (Wildman–Crippen MR) is 238 cm³/mol. The van der Waals surface area contributed by atoms with Crippen LogP contribution < -0.4 is 0 Å². The lowest BCUT2D eigenvalue weighted by Crippen LogP contribution is -1.97. The number of rotatable bonds is 6. The highest BCUT2D eigenvalue weighted by atomic mass is 16.3. The van der Waals surface area contributed by atoms with Crippen molar-refractivity contribution in [2.75, 3.05) is 0 Å². The van der Waals surface area contributed by atoms with E-state index < -0.39 is 0 Å². The summed E-state index contributed by atoms with van der Waals surface area (Å²) in [6.45, 7) is 2.21. The number of para-hydroxylation sites is 2. The van der Waals surface area contributed by atoms with Gasteiger partial charge in [-0.05, 0) is 100 Å². The third kappa shape index (κ3) is 5.55. The van der Waals surface area contributed by atoms with E-state index in [0.717, 1.165) is 66.8 Å². The number of pyridine rings is 1. The van der Waals surface area contributed by atoms with Crippen LogP contribution in [-0.4, -0.2) is 9.55 Å². The molecule has 0 saturated carbocycles. The molecule has 0 atom stereocenters. The second-order valence-electron chi connectivity index (χ2n) is 14.8. The fourth-order valence-corrected chi connectivity index (χ4v) is 8.67. The Labute approximate surface area is 330 Å². The van der Waals surface area contributed by atoms with Crippen molar-refractivity contribution in [2.24, 2.45) is 0 Å². The van der Waals surface area contributed by atoms with Gasteiger partial charge in [0.15, 0.2) is 0 Å². The summed E-state index contributed by atoms with van der Waals surface area (Å²) in [6.07, 6.45) is 0. The first-order chi connectivity index (χ1) is 28.2. The molecule has 0 radical (unpaired) electrons. The molecule has 0 N–H and O–H groups in total. The van der Waals surface area contributed by atoms with Crippen molar-refractivity contribution in [3.8, 4) is 61.6 Å². The fourth-order valence-electron chi connectivity index (χ4n) is 8.67. The molecule has 0 aliphatic carbocycles. The molecule has 3 nitrogen and oxygen atoms in total. The molecule has 0 aliphatic heterocycles. The summed E-state index contributed by atoms with van der Waals surface area (Å²) in [5.41, 5.74) is 17.6. The van der Waals surface area contributed by atoms with E-state index in [1.165, 1.54) is 44.1 Å². The lowest BCUT2D eigenvalue weighted by Gasteiger charge is -2.16. The van der Waals surface area contributed by atoms with Crippen molar-refractivity contribution < 1.29 is 4.42 Å².